The Labute approximate surface area is 119 Å². The van der Waals surface area contributed by atoms with Gasteiger partial charge in [0.05, 0.1) is 6.61 Å². The summed E-state index contributed by atoms with van der Waals surface area (Å²) >= 11 is 0. The van der Waals surface area contributed by atoms with Crippen LogP contribution in [0.1, 0.15) is 36.8 Å². The average molecular weight is 279 g/mol. The number of ether oxygens (including phenoxy) is 3. The fourth-order valence-electron chi connectivity index (χ4n) is 2.99. The third-order valence-corrected chi connectivity index (χ3v) is 4.04. The van der Waals surface area contributed by atoms with Crippen molar-refractivity contribution >= 4 is 0 Å². The summed E-state index contributed by atoms with van der Waals surface area (Å²) in [5.74, 6) is 0.715. The highest BCUT2D eigenvalue weighted by Gasteiger charge is 2.34. The maximum absolute atomic E-state index is 5.93. The molecule has 0 N–H and O–H groups in total. The number of fused-ring (bicyclic) bond motifs is 1. The van der Waals surface area contributed by atoms with E-state index in [-0.39, 0.29) is 6.10 Å². The Bertz CT molecular complexity index is 453. The number of nitrogens with zero attached hydrogens (tertiary/aromatic N) is 3. The van der Waals surface area contributed by atoms with Crippen LogP contribution in [-0.2, 0) is 14.2 Å². The number of hydrogen-bond acceptors (Lipinski definition) is 6. The van der Waals surface area contributed by atoms with Crippen LogP contribution < -0.4 is 0 Å². The van der Waals surface area contributed by atoms with Crippen molar-refractivity contribution in [2.24, 2.45) is 0 Å². The van der Waals surface area contributed by atoms with Crippen LogP contribution in [0.15, 0.2) is 12.3 Å². The number of rotatable bonds is 4. The summed E-state index contributed by atoms with van der Waals surface area (Å²) in [6.45, 7) is 2.80. The van der Waals surface area contributed by atoms with Gasteiger partial charge in [0.2, 0.25) is 6.29 Å². The molecule has 3 heterocycles. The summed E-state index contributed by atoms with van der Waals surface area (Å²) in [6.07, 6.45) is 3.72. The molecule has 2 atom stereocenters. The summed E-state index contributed by atoms with van der Waals surface area (Å²) in [4.78, 5) is 11.4. The SMILES string of the molecule is COC(OC)c1ccnc(C2CN3CCCC3CO2)n1. The van der Waals surface area contributed by atoms with Gasteiger partial charge in [-0.15, -0.1) is 0 Å². The van der Waals surface area contributed by atoms with Gasteiger partial charge in [-0.05, 0) is 25.5 Å². The molecule has 0 radical (unpaired) electrons. The van der Waals surface area contributed by atoms with Gasteiger partial charge in [0.1, 0.15) is 11.8 Å². The van der Waals surface area contributed by atoms with E-state index < -0.39 is 6.29 Å². The zero-order chi connectivity index (χ0) is 13.9. The maximum atomic E-state index is 5.93. The number of hydrogen-bond donors (Lipinski definition) is 0. The van der Waals surface area contributed by atoms with Crippen LogP contribution in [0, 0.1) is 0 Å². The van der Waals surface area contributed by atoms with Gasteiger partial charge in [0.25, 0.3) is 0 Å². The quantitative estimate of drug-likeness (QED) is 0.774. The second-order valence-electron chi connectivity index (χ2n) is 5.26. The first-order valence-electron chi connectivity index (χ1n) is 7.06. The summed E-state index contributed by atoms with van der Waals surface area (Å²) in [7, 11) is 3.20. The average Bonchev–Trinajstić information content (AvgIpc) is 2.96. The topological polar surface area (TPSA) is 56.7 Å². The largest absolute Gasteiger partial charge is 0.367 e. The Kier molecular flexibility index (Phi) is 4.26. The Morgan fingerprint density at radius 3 is 3.05 bits per heavy atom. The molecule has 20 heavy (non-hydrogen) atoms. The molecule has 0 amide bonds. The lowest BCUT2D eigenvalue weighted by Gasteiger charge is -2.34. The number of methoxy groups -OCH3 is 2. The van der Waals surface area contributed by atoms with E-state index in [1.54, 1.807) is 20.4 Å². The van der Waals surface area contributed by atoms with Crippen molar-refractivity contribution < 1.29 is 14.2 Å². The zero-order valence-corrected chi connectivity index (χ0v) is 12.0. The van der Waals surface area contributed by atoms with Gasteiger partial charge >= 0.3 is 0 Å². The van der Waals surface area contributed by atoms with Crippen LogP contribution in [0.5, 0.6) is 0 Å². The van der Waals surface area contributed by atoms with Gasteiger partial charge < -0.3 is 14.2 Å². The Hall–Kier alpha value is -1.08. The second-order valence-corrected chi connectivity index (χ2v) is 5.26. The molecule has 6 heteroatoms. The van der Waals surface area contributed by atoms with Crippen molar-refractivity contribution in [3.8, 4) is 0 Å². The summed E-state index contributed by atoms with van der Waals surface area (Å²) in [6, 6.07) is 2.39. The van der Waals surface area contributed by atoms with Crippen molar-refractivity contribution in [2.75, 3.05) is 33.9 Å². The van der Waals surface area contributed by atoms with Gasteiger partial charge in [-0.3, -0.25) is 4.90 Å². The van der Waals surface area contributed by atoms with Crippen LogP contribution in [-0.4, -0.2) is 54.8 Å². The molecule has 110 valence electrons. The minimum Gasteiger partial charge on any atom is -0.367 e. The van der Waals surface area contributed by atoms with Crippen LogP contribution in [0.4, 0.5) is 0 Å². The van der Waals surface area contributed by atoms with E-state index in [0.717, 1.165) is 25.4 Å². The molecule has 2 saturated heterocycles. The third-order valence-electron chi connectivity index (χ3n) is 4.04. The molecule has 3 rings (SSSR count). The fraction of sp³-hybridized carbons (Fsp3) is 0.714. The summed E-state index contributed by atoms with van der Waals surface area (Å²) in [5, 5.41) is 0. The molecule has 2 aliphatic heterocycles. The van der Waals surface area contributed by atoms with Gasteiger partial charge in [0.15, 0.2) is 5.82 Å². The molecule has 0 aliphatic carbocycles. The molecule has 0 saturated carbocycles. The summed E-state index contributed by atoms with van der Waals surface area (Å²) < 4.78 is 16.4. The summed E-state index contributed by atoms with van der Waals surface area (Å²) in [5.41, 5.74) is 0.729. The van der Waals surface area contributed by atoms with E-state index in [4.69, 9.17) is 14.2 Å². The van der Waals surface area contributed by atoms with Crippen molar-refractivity contribution in [3.05, 3.63) is 23.8 Å². The van der Waals surface area contributed by atoms with Gasteiger partial charge in [-0.2, -0.15) is 0 Å². The van der Waals surface area contributed by atoms with Gasteiger partial charge in [-0.1, -0.05) is 0 Å². The monoisotopic (exact) mass is 279 g/mol. The highest BCUT2D eigenvalue weighted by Crippen LogP contribution is 2.29. The molecule has 2 unspecified atom stereocenters. The molecular weight excluding hydrogens is 258 g/mol. The molecule has 1 aromatic heterocycles. The number of morpholine rings is 1. The highest BCUT2D eigenvalue weighted by molar-refractivity contribution is 5.07. The van der Waals surface area contributed by atoms with Gasteiger partial charge in [0, 0.05) is 33.0 Å². The second kappa shape index (κ2) is 6.13. The normalized spacial score (nSPS) is 26.9. The first-order chi connectivity index (χ1) is 9.81. The predicted octanol–water partition coefficient (Wildman–Crippen LogP) is 1.30. The van der Waals surface area contributed by atoms with Crippen LogP contribution >= 0.6 is 0 Å². The standard InChI is InChI=1S/C14H21N3O3/c1-18-14(19-2)11-5-6-15-13(16-11)12-8-17-7-3-4-10(17)9-20-12/h5-6,10,12,14H,3-4,7-9H2,1-2H3. The van der Waals surface area contributed by atoms with Crippen LogP contribution in [0.25, 0.3) is 0 Å². The minimum absolute atomic E-state index is 0.0568. The molecule has 2 fully saturated rings. The molecule has 6 nitrogen and oxygen atoms in total. The molecule has 0 aromatic carbocycles. The molecule has 0 bridgehead atoms. The highest BCUT2D eigenvalue weighted by atomic mass is 16.7. The molecular formula is C14H21N3O3. The smallest absolute Gasteiger partial charge is 0.200 e. The van der Waals surface area contributed by atoms with Crippen LogP contribution in [0.3, 0.4) is 0 Å². The number of aromatic nitrogens is 2. The Balaban J connectivity index is 1.75. The van der Waals surface area contributed by atoms with E-state index in [1.165, 1.54) is 12.8 Å². The zero-order valence-electron chi connectivity index (χ0n) is 12.0. The fourth-order valence-corrected chi connectivity index (χ4v) is 2.99. The lowest BCUT2D eigenvalue weighted by atomic mass is 10.2. The van der Waals surface area contributed by atoms with E-state index >= 15 is 0 Å². The Morgan fingerprint density at radius 1 is 1.40 bits per heavy atom. The van der Waals surface area contributed by atoms with E-state index in [1.807, 2.05) is 6.07 Å². The van der Waals surface area contributed by atoms with E-state index in [0.29, 0.717) is 11.9 Å². The first kappa shape index (κ1) is 13.9. The molecule has 0 spiro atoms. The first-order valence-corrected chi connectivity index (χ1v) is 7.06. The lowest BCUT2D eigenvalue weighted by molar-refractivity contribution is -0.109. The lowest BCUT2D eigenvalue weighted by Crippen LogP contribution is -2.42. The van der Waals surface area contributed by atoms with Crippen molar-refractivity contribution in [3.63, 3.8) is 0 Å². The predicted molar refractivity (Wildman–Crippen MR) is 72.1 cm³/mol. The molecule has 2 aliphatic rings. The third kappa shape index (κ3) is 2.69. The molecule has 1 aromatic rings. The van der Waals surface area contributed by atoms with E-state index in [9.17, 15) is 0 Å². The van der Waals surface area contributed by atoms with Crippen molar-refractivity contribution in [1.82, 2.24) is 14.9 Å². The van der Waals surface area contributed by atoms with Gasteiger partial charge in [-0.25, -0.2) is 9.97 Å². The maximum Gasteiger partial charge on any atom is 0.200 e. The van der Waals surface area contributed by atoms with Crippen LogP contribution in [0.2, 0.25) is 0 Å². The van der Waals surface area contributed by atoms with E-state index in [2.05, 4.69) is 14.9 Å². The van der Waals surface area contributed by atoms with Crippen molar-refractivity contribution in [1.29, 1.82) is 0 Å². The minimum atomic E-state index is -0.458. The van der Waals surface area contributed by atoms with Crippen molar-refractivity contribution in [2.45, 2.75) is 31.3 Å². The Morgan fingerprint density at radius 2 is 2.25 bits per heavy atom.